The van der Waals surface area contributed by atoms with Crippen LogP contribution in [0.3, 0.4) is 0 Å². The van der Waals surface area contributed by atoms with Gasteiger partial charge in [-0.15, -0.1) is 0 Å². The van der Waals surface area contributed by atoms with E-state index in [4.69, 9.17) is 4.74 Å². The third kappa shape index (κ3) is 6.15. The molecule has 1 aromatic heterocycles. The molecular weight excluding hydrogens is 334 g/mol. The summed E-state index contributed by atoms with van der Waals surface area (Å²) in [6.07, 6.45) is 1.75. The number of ether oxygens (including phenoxy) is 1. The molecule has 0 aliphatic heterocycles. The van der Waals surface area contributed by atoms with Crippen LogP contribution in [0.5, 0.6) is 0 Å². The van der Waals surface area contributed by atoms with Crippen LogP contribution in [0.2, 0.25) is 0 Å². The number of amides is 2. The number of hydrogen-bond donors (Lipinski definition) is 2. The molecule has 1 aromatic rings. The summed E-state index contributed by atoms with van der Waals surface area (Å²) in [7, 11) is -4.06. The molecule has 1 rings (SSSR count). The van der Waals surface area contributed by atoms with Crippen molar-refractivity contribution in [3.63, 3.8) is 0 Å². The summed E-state index contributed by atoms with van der Waals surface area (Å²) in [5.74, 6) is -1.19. The minimum absolute atomic E-state index is 0.141. The molecule has 0 spiro atoms. The molecule has 0 saturated carbocycles. The predicted octanol–water partition coefficient (Wildman–Crippen LogP) is 1.44. The number of pyridine rings is 1. The fraction of sp³-hybridized carbons (Fsp3) is 0.533. The van der Waals surface area contributed by atoms with Gasteiger partial charge in [-0.05, 0) is 38.8 Å². The summed E-state index contributed by atoms with van der Waals surface area (Å²) in [5, 5.41) is 2.39. The molecule has 0 fully saturated rings. The molecule has 2 amide bonds. The summed E-state index contributed by atoms with van der Waals surface area (Å²) in [6, 6.07) is 1.69. The maximum atomic E-state index is 12.3. The Hall–Kier alpha value is -2.16. The number of nitrogens with zero attached hydrogens (tertiary/aromatic N) is 1. The Kier molecular flexibility index (Phi) is 6.30. The number of carbonyl (C=O) groups excluding carboxylic acids is 2. The molecule has 0 unspecified atom stereocenters. The van der Waals surface area contributed by atoms with Crippen LogP contribution in [0.15, 0.2) is 29.4 Å². The number of carbonyl (C=O) groups is 2. The largest absolute Gasteiger partial charge is 0.444 e. The van der Waals surface area contributed by atoms with Crippen molar-refractivity contribution >= 4 is 22.0 Å². The van der Waals surface area contributed by atoms with Crippen LogP contribution in [-0.2, 0) is 19.6 Å². The molecule has 0 saturated heterocycles. The molecule has 2 N–H and O–H groups in total. The van der Waals surface area contributed by atoms with Gasteiger partial charge in [-0.3, -0.25) is 9.78 Å². The van der Waals surface area contributed by atoms with E-state index in [-0.39, 0.29) is 10.8 Å². The molecule has 0 aliphatic rings. The van der Waals surface area contributed by atoms with E-state index in [0.29, 0.717) is 0 Å². The van der Waals surface area contributed by atoms with E-state index in [1.165, 1.54) is 18.3 Å². The number of aromatic nitrogens is 1. The lowest BCUT2D eigenvalue weighted by molar-refractivity contribution is -0.122. The smallest absolute Gasteiger partial charge is 0.408 e. The van der Waals surface area contributed by atoms with E-state index in [9.17, 15) is 18.0 Å². The maximum Gasteiger partial charge on any atom is 0.408 e. The highest BCUT2D eigenvalue weighted by atomic mass is 32.2. The lowest BCUT2D eigenvalue weighted by atomic mass is 10.0. The Balaban J connectivity index is 2.86. The number of sulfonamides is 1. The second-order valence-corrected chi connectivity index (χ2v) is 8.21. The first-order chi connectivity index (χ1) is 10.9. The predicted molar refractivity (Wildman–Crippen MR) is 87.6 cm³/mol. The van der Waals surface area contributed by atoms with Gasteiger partial charge in [0, 0.05) is 12.4 Å². The molecule has 24 heavy (non-hydrogen) atoms. The van der Waals surface area contributed by atoms with Gasteiger partial charge in [0.25, 0.3) is 15.9 Å². The van der Waals surface area contributed by atoms with Crippen LogP contribution in [0.4, 0.5) is 4.79 Å². The molecule has 0 aromatic carbocycles. The Morgan fingerprint density at radius 2 is 1.88 bits per heavy atom. The minimum Gasteiger partial charge on any atom is -0.444 e. The standard InChI is InChI=1S/C15H23N3O5S/c1-10(2)12(17-14(20)23-15(3,4)5)13(19)18-24(21,22)11-7-6-8-16-9-11/h6-10,12H,1-5H3,(H,17,20)(H,18,19)/t12-/m1/s1. The van der Waals surface area contributed by atoms with E-state index in [2.05, 4.69) is 10.3 Å². The van der Waals surface area contributed by atoms with Crippen molar-refractivity contribution in [2.24, 2.45) is 5.92 Å². The van der Waals surface area contributed by atoms with Gasteiger partial charge in [-0.1, -0.05) is 13.8 Å². The lowest BCUT2D eigenvalue weighted by Crippen LogP contribution is -2.52. The highest BCUT2D eigenvalue weighted by molar-refractivity contribution is 7.90. The Morgan fingerprint density at radius 1 is 1.25 bits per heavy atom. The fourth-order valence-corrected chi connectivity index (χ4v) is 2.70. The van der Waals surface area contributed by atoms with Crippen LogP contribution in [0.25, 0.3) is 0 Å². The Labute approximate surface area is 142 Å². The van der Waals surface area contributed by atoms with Gasteiger partial charge >= 0.3 is 6.09 Å². The number of nitrogens with one attached hydrogen (secondary N) is 2. The van der Waals surface area contributed by atoms with Crippen molar-refractivity contribution in [1.29, 1.82) is 0 Å². The van der Waals surface area contributed by atoms with Crippen LogP contribution < -0.4 is 10.0 Å². The highest BCUT2D eigenvalue weighted by Gasteiger charge is 2.30. The summed E-state index contributed by atoms with van der Waals surface area (Å²) in [6.45, 7) is 8.41. The molecule has 0 radical (unpaired) electrons. The number of hydrogen-bond acceptors (Lipinski definition) is 6. The van der Waals surface area contributed by atoms with Crippen LogP contribution >= 0.6 is 0 Å². The quantitative estimate of drug-likeness (QED) is 0.824. The van der Waals surface area contributed by atoms with E-state index >= 15 is 0 Å². The maximum absolute atomic E-state index is 12.3. The van der Waals surface area contributed by atoms with E-state index in [1.807, 2.05) is 4.72 Å². The molecular formula is C15H23N3O5S. The Bertz CT molecular complexity index is 681. The molecule has 134 valence electrons. The summed E-state index contributed by atoms with van der Waals surface area (Å²) < 4.78 is 31.4. The van der Waals surface area contributed by atoms with Crippen LogP contribution in [0.1, 0.15) is 34.6 Å². The second kappa shape index (κ2) is 7.61. The molecule has 9 heteroatoms. The third-order valence-electron chi connectivity index (χ3n) is 2.80. The van der Waals surface area contributed by atoms with Crippen molar-refractivity contribution in [3.8, 4) is 0 Å². The molecule has 1 heterocycles. The third-order valence-corrected chi connectivity index (χ3v) is 4.13. The van der Waals surface area contributed by atoms with Crippen LogP contribution in [0, 0.1) is 5.92 Å². The summed E-state index contributed by atoms with van der Waals surface area (Å²) in [4.78, 5) is 27.7. The first kappa shape index (κ1) is 19.9. The van der Waals surface area contributed by atoms with Crippen LogP contribution in [-0.4, -0.2) is 37.0 Å². The molecule has 1 atom stereocenters. The highest BCUT2D eigenvalue weighted by Crippen LogP contribution is 2.10. The first-order valence-electron chi connectivity index (χ1n) is 7.38. The van der Waals surface area contributed by atoms with Gasteiger partial charge in [0.15, 0.2) is 0 Å². The van der Waals surface area contributed by atoms with Gasteiger partial charge < -0.3 is 10.1 Å². The molecule has 0 aliphatic carbocycles. The van der Waals surface area contributed by atoms with E-state index in [1.54, 1.807) is 34.6 Å². The van der Waals surface area contributed by atoms with Crippen molar-refractivity contribution in [3.05, 3.63) is 24.5 Å². The first-order valence-corrected chi connectivity index (χ1v) is 8.87. The monoisotopic (exact) mass is 357 g/mol. The van der Waals surface area contributed by atoms with E-state index < -0.39 is 33.7 Å². The number of rotatable bonds is 5. The molecule has 8 nitrogen and oxygen atoms in total. The summed E-state index contributed by atoms with van der Waals surface area (Å²) in [5.41, 5.74) is -0.732. The van der Waals surface area contributed by atoms with Gasteiger partial charge in [-0.2, -0.15) is 0 Å². The second-order valence-electron chi connectivity index (χ2n) is 6.53. The zero-order chi connectivity index (χ0) is 18.5. The number of alkyl carbamates (subject to hydrolysis) is 1. The minimum atomic E-state index is -4.06. The van der Waals surface area contributed by atoms with Crippen molar-refractivity contribution in [1.82, 2.24) is 15.0 Å². The Morgan fingerprint density at radius 3 is 2.33 bits per heavy atom. The zero-order valence-corrected chi connectivity index (χ0v) is 15.2. The van der Waals surface area contributed by atoms with Crippen molar-refractivity contribution in [2.45, 2.75) is 51.2 Å². The van der Waals surface area contributed by atoms with Gasteiger partial charge in [0.05, 0.1) is 0 Å². The van der Waals surface area contributed by atoms with E-state index in [0.717, 1.165) is 6.20 Å². The topological polar surface area (TPSA) is 114 Å². The van der Waals surface area contributed by atoms with Gasteiger partial charge in [-0.25, -0.2) is 17.9 Å². The fourth-order valence-electron chi connectivity index (χ4n) is 1.73. The average Bonchev–Trinajstić information content (AvgIpc) is 2.43. The van der Waals surface area contributed by atoms with Gasteiger partial charge in [0.1, 0.15) is 16.5 Å². The SMILES string of the molecule is CC(C)[C@@H](NC(=O)OC(C)(C)C)C(=O)NS(=O)(=O)c1cccnc1. The average molecular weight is 357 g/mol. The lowest BCUT2D eigenvalue weighted by Gasteiger charge is -2.25. The van der Waals surface area contributed by atoms with Crippen molar-refractivity contribution in [2.75, 3.05) is 0 Å². The normalized spacial score (nSPS) is 13.2. The molecule has 0 bridgehead atoms. The van der Waals surface area contributed by atoms with Crippen molar-refractivity contribution < 1.29 is 22.7 Å². The van der Waals surface area contributed by atoms with Gasteiger partial charge in [0.2, 0.25) is 0 Å². The summed E-state index contributed by atoms with van der Waals surface area (Å²) >= 11 is 0. The zero-order valence-electron chi connectivity index (χ0n) is 14.4.